The molecule has 136 valence electrons. The lowest BCUT2D eigenvalue weighted by atomic mass is 9.67. The number of guanidine groups is 1. The van der Waals surface area contributed by atoms with Crippen molar-refractivity contribution in [1.29, 1.82) is 0 Å². The van der Waals surface area contributed by atoms with E-state index in [9.17, 15) is 0 Å². The lowest BCUT2D eigenvalue weighted by Crippen LogP contribution is -2.41. The molecule has 0 aromatic carbocycles. The number of hydrogen-bond acceptors (Lipinski definition) is 4. The third-order valence-corrected chi connectivity index (χ3v) is 5.02. The van der Waals surface area contributed by atoms with E-state index in [-0.39, 0.29) is 0 Å². The molecule has 0 saturated heterocycles. The van der Waals surface area contributed by atoms with Crippen molar-refractivity contribution in [3.63, 3.8) is 0 Å². The van der Waals surface area contributed by atoms with Crippen LogP contribution in [0.4, 0.5) is 0 Å². The maximum absolute atomic E-state index is 5.26. The molecule has 0 unspecified atom stereocenters. The Labute approximate surface area is 145 Å². The van der Waals surface area contributed by atoms with Crippen LogP contribution in [-0.4, -0.2) is 44.5 Å². The highest BCUT2D eigenvalue weighted by atomic mass is 16.5. The molecule has 1 aromatic rings. The summed E-state index contributed by atoms with van der Waals surface area (Å²) < 4.78 is 10.5. The van der Waals surface area contributed by atoms with E-state index < -0.39 is 0 Å². The van der Waals surface area contributed by atoms with Crippen LogP contribution in [0, 0.1) is 19.3 Å². The van der Waals surface area contributed by atoms with Crippen molar-refractivity contribution in [2.24, 2.45) is 10.4 Å². The maximum Gasteiger partial charge on any atom is 0.191 e. The Hall–Kier alpha value is -1.56. The molecule has 2 rings (SSSR count). The standard InChI is InChI=1S/C18H32N4O2/c1-5-19-17(20-11-7-16-14(2)22-24-15(16)3)21-13-18(8-6-9-18)10-12-23-4/h5-13H2,1-4H3,(H2,19,20,21). The van der Waals surface area contributed by atoms with Crippen molar-refractivity contribution >= 4 is 5.96 Å². The summed E-state index contributed by atoms with van der Waals surface area (Å²) >= 11 is 0. The first-order chi connectivity index (χ1) is 11.6. The van der Waals surface area contributed by atoms with Crippen LogP contribution in [-0.2, 0) is 11.2 Å². The number of methoxy groups -OCH3 is 1. The zero-order valence-corrected chi connectivity index (χ0v) is 15.6. The van der Waals surface area contributed by atoms with Gasteiger partial charge in [0.2, 0.25) is 0 Å². The number of aliphatic imine (C=N–C) groups is 1. The summed E-state index contributed by atoms with van der Waals surface area (Å²) in [7, 11) is 1.77. The molecule has 1 aliphatic carbocycles. The van der Waals surface area contributed by atoms with Crippen LogP contribution in [0.15, 0.2) is 9.52 Å². The first-order valence-corrected chi connectivity index (χ1v) is 9.03. The van der Waals surface area contributed by atoms with Gasteiger partial charge in [0.15, 0.2) is 5.96 Å². The molecule has 1 fully saturated rings. The number of rotatable bonds is 9. The van der Waals surface area contributed by atoms with Gasteiger partial charge in [0.1, 0.15) is 5.76 Å². The van der Waals surface area contributed by atoms with Crippen molar-refractivity contribution in [1.82, 2.24) is 15.8 Å². The number of nitrogens with one attached hydrogen (secondary N) is 2. The average molecular weight is 336 g/mol. The zero-order valence-electron chi connectivity index (χ0n) is 15.6. The number of hydrogen-bond donors (Lipinski definition) is 2. The van der Waals surface area contributed by atoms with Crippen LogP contribution in [0.3, 0.4) is 0 Å². The molecule has 1 aromatic heterocycles. The molecule has 24 heavy (non-hydrogen) atoms. The van der Waals surface area contributed by atoms with Crippen LogP contribution >= 0.6 is 0 Å². The van der Waals surface area contributed by atoms with Gasteiger partial charge in [-0.05, 0) is 51.9 Å². The van der Waals surface area contributed by atoms with Crippen molar-refractivity contribution in [3.8, 4) is 0 Å². The third-order valence-electron chi connectivity index (χ3n) is 5.02. The van der Waals surface area contributed by atoms with E-state index in [0.717, 1.165) is 56.5 Å². The molecule has 0 bridgehead atoms. The molecular formula is C18H32N4O2. The van der Waals surface area contributed by atoms with E-state index >= 15 is 0 Å². The van der Waals surface area contributed by atoms with E-state index in [1.54, 1.807) is 7.11 Å². The van der Waals surface area contributed by atoms with Gasteiger partial charge in [0, 0.05) is 38.9 Å². The summed E-state index contributed by atoms with van der Waals surface area (Å²) in [4.78, 5) is 4.82. The van der Waals surface area contributed by atoms with Crippen LogP contribution < -0.4 is 10.6 Å². The second kappa shape index (κ2) is 9.06. The first kappa shape index (κ1) is 18.8. The van der Waals surface area contributed by atoms with Gasteiger partial charge in [-0.2, -0.15) is 0 Å². The van der Waals surface area contributed by atoms with Gasteiger partial charge in [-0.15, -0.1) is 0 Å². The number of ether oxygens (including phenoxy) is 1. The van der Waals surface area contributed by atoms with Crippen LogP contribution in [0.2, 0.25) is 0 Å². The van der Waals surface area contributed by atoms with Crippen LogP contribution in [0.25, 0.3) is 0 Å². The topological polar surface area (TPSA) is 71.7 Å². The Morgan fingerprint density at radius 2 is 2.12 bits per heavy atom. The second-order valence-corrected chi connectivity index (χ2v) is 6.77. The summed E-state index contributed by atoms with van der Waals surface area (Å²) in [6.45, 7) is 9.42. The second-order valence-electron chi connectivity index (χ2n) is 6.77. The Bertz CT molecular complexity index is 516. The van der Waals surface area contributed by atoms with E-state index in [4.69, 9.17) is 14.3 Å². The summed E-state index contributed by atoms with van der Waals surface area (Å²) in [5.41, 5.74) is 2.51. The fraction of sp³-hybridized carbons (Fsp3) is 0.778. The summed E-state index contributed by atoms with van der Waals surface area (Å²) in [5.74, 6) is 1.80. The molecule has 0 aliphatic heterocycles. The van der Waals surface area contributed by atoms with Crippen molar-refractivity contribution in [3.05, 3.63) is 17.0 Å². The van der Waals surface area contributed by atoms with Crippen LogP contribution in [0.5, 0.6) is 0 Å². The summed E-state index contributed by atoms with van der Waals surface area (Å²) in [6, 6.07) is 0. The quantitative estimate of drug-likeness (QED) is 0.536. The molecule has 1 aliphatic rings. The Morgan fingerprint density at radius 3 is 2.67 bits per heavy atom. The smallest absolute Gasteiger partial charge is 0.191 e. The Morgan fingerprint density at radius 1 is 1.33 bits per heavy atom. The van der Waals surface area contributed by atoms with Crippen LogP contribution in [0.1, 0.15) is 49.6 Å². The largest absolute Gasteiger partial charge is 0.385 e. The molecule has 0 atom stereocenters. The monoisotopic (exact) mass is 336 g/mol. The third kappa shape index (κ3) is 4.97. The summed E-state index contributed by atoms with van der Waals surface area (Å²) in [5, 5.41) is 10.8. The van der Waals surface area contributed by atoms with Gasteiger partial charge in [0.05, 0.1) is 5.69 Å². The first-order valence-electron chi connectivity index (χ1n) is 9.03. The molecule has 0 amide bonds. The fourth-order valence-electron chi connectivity index (χ4n) is 3.24. The van der Waals surface area contributed by atoms with Crippen molar-refractivity contribution < 1.29 is 9.26 Å². The summed E-state index contributed by atoms with van der Waals surface area (Å²) in [6.07, 6.45) is 5.83. The molecule has 1 heterocycles. The van der Waals surface area contributed by atoms with Gasteiger partial charge in [-0.1, -0.05) is 11.6 Å². The van der Waals surface area contributed by atoms with Gasteiger partial charge >= 0.3 is 0 Å². The minimum Gasteiger partial charge on any atom is -0.385 e. The van der Waals surface area contributed by atoms with Crippen molar-refractivity contribution in [2.75, 3.05) is 33.4 Å². The highest BCUT2D eigenvalue weighted by molar-refractivity contribution is 5.79. The zero-order chi connectivity index (χ0) is 17.4. The molecule has 1 saturated carbocycles. The Kier molecular flexibility index (Phi) is 7.09. The predicted molar refractivity (Wildman–Crippen MR) is 96.4 cm³/mol. The normalized spacial score (nSPS) is 16.8. The van der Waals surface area contributed by atoms with E-state index in [1.165, 1.54) is 24.8 Å². The lowest BCUT2D eigenvalue weighted by Gasteiger charge is -2.40. The maximum atomic E-state index is 5.26. The van der Waals surface area contributed by atoms with Crippen molar-refractivity contribution in [2.45, 2.75) is 52.9 Å². The van der Waals surface area contributed by atoms with Gasteiger partial charge in [-0.25, -0.2) is 0 Å². The fourth-order valence-corrected chi connectivity index (χ4v) is 3.24. The molecule has 0 radical (unpaired) electrons. The molecule has 6 nitrogen and oxygen atoms in total. The molecule has 6 heteroatoms. The predicted octanol–water partition coefficient (Wildman–Crippen LogP) is 2.60. The van der Waals surface area contributed by atoms with Gasteiger partial charge in [0.25, 0.3) is 0 Å². The molecule has 2 N–H and O–H groups in total. The number of aromatic nitrogens is 1. The number of nitrogens with zero attached hydrogens (tertiary/aromatic N) is 2. The van der Waals surface area contributed by atoms with Gasteiger partial charge < -0.3 is 19.9 Å². The molecular weight excluding hydrogens is 304 g/mol. The number of aryl methyl sites for hydroxylation is 2. The highest BCUT2D eigenvalue weighted by Crippen LogP contribution is 2.44. The highest BCUT2D eigenvalue weighted by Gasteiger charge is 2.36. The minimum atomic E-state index is 0.347. The van der Waals surface area contributed by atoms with E-state index in [2.05, 4.69) is 22.7 Å². The van der Waals surface area contributed by atoms with E-state index in [1.807, 2.05) is 13.8 Å². The minimum absolute atomic E-state index is 0.347. The molecule has 0 spiro atoms. The average Bonchev–Trinajstić information content (AvgIpc) is 2.85. The van der Waals surface area contributed by atoms with Gasteiger partial charge in [-0.3, -0.25) is 4.99 Å². The Balaban J connectivity index is 1.86. The van der Waals surface area contributed by atoms with E-state index in [0.29, 0.717) is 5.41 Å². The lowest BCUT2D eigenvalue weighted by molar-refractivity contribution is 0.0778. The SMILES string of the molecule is CCNC(=NCC1(CCOC)CCC1)NCCc1c(C)noc1C.